The Hall–Kier alpha value is -5.77. The number of likely N-dealkylation sites (N-methyl/N-ethyl adjacent to an activating group) is 1. The highest BCUT2D eigenvalue weighted by molar-refractivity contribution is 6.00. The van der Waals surface area contributed by atoms with Gasteiger partial charge in [0.1, 0.15) is 11.8 Å². The number of para-hydroxylation sites is 2. The second-order valence-electron chi connectivity index (χ2n) is 14.5. The first-order valence-electron chi connectivity index (χ1n) is 19.6. The van der Waals surface area contributed by atoms with Gasteiger partial charge in [-0.2, -0.15) is 0 Å². The van der Waals surface area contributed by atoms with E-state index in [9.17, 15) is 19.5 Å². The third kappa shape index (κ3) is 8.80. The highest BCUT2D eigenvalue weighted by Crippen LogP contribution is 2.32. The first-order valence-corrected chi connectivity index (χ1v) is 19.6. The number of nitrogens with zero attached hydrogens (tertiary/aromatic N) is 7. The number of nitrogen functional groups attached to an aromatic ring is 1. The van der Waals surface area contributed by atoms with Crippen LogP contribution in [-0.4, -0.2) is 107 Å². The maximum atomic E-state index is 13.3. The molecule has 15 nitrogen and oxygen atoms in total. The molecule has 4 heterocycles. The van der Waals surface area contributed by atoms with Crippen LogP contribution < -0.4 is 26.5 Å². The van der Waals surface area contributed by atoms with Gasteiger partial charge in [-0.25, -0.2) is 4.79 Å². The van der Waals surface area contributed by atoms with Crippen molar-refractivity contribution in [3.8, 4) is 17.0 Å². The van der Waals surface area contributed by atoms with Gasteiger partial charge >= 0.3 is 5.69 Å². The van der Waals surface area contributed by atoms with Crippen molar-refractivity contribution in [2.24, 2.45) is 7.05 Å². The van der Waals surface area contributed by atoms with Crippen molar-refractivity contribution in [3.63, 3.8) is 0 Å². The first kappa shape index (κ1) is 39.5. The molecule has 0 bridgehead atoms. The average Bonchev–Trinajstić information content (AvgIpc) is 3.48. The molecule has 2 aliphatic heterocycles. The summed E-state index contributed by atoms with van der Waals surface area (Å²) in [5, 5.41) is 22.1. The molecule has 1 atom stereocenters. The van der Waals surface area contributed by atoms with Gasteiger partial charge in [0.05, 0.1) is 42.2 Å². The lowest BCUT2D eigenvalue weighted by molar-refractivity contribution is -0.149. The van der Waals surface area contributed by atoms with Gasteiger partial charge in [0.25, 0.3) is 5.91 Å². The number of phenolic OH excluding ortho intramolecular Hbond substituents is 1. The number of piperidine rings is 1. The second-order valence-corrected chi connectivity index (χ2v) is 14.5. The lowest BCUT2D eigenvalue weighted by atomic mass is 10.0. The fourth-order valence-corrected chi connectivity index (χ4v) is 7.72. The Labute approximate surface area is 331 Å². The van der Waals surface area contributed by atoms with Crippen LogP contribution in [-0.2, 0) is 39.1 Å². The summed E-state index contributed by atoms with van der Waals surface area (Å²) in [7, 11) is 3.20. The van der Waals surface area contributed by atoms with Gasteiger partial charge in [0.2, 0.25) is 5.91 Å². The third-order valence-corrected chi connectivity index (χ3v) is 10.9. The van der Waals surface area contributed by atoms with E-state index in [1.165, 1.54) is 18.3 Å². The number of carbonyl (C=O) groups excluding carboxylic acids is 2. The summed E-state index contributed by atoms with van der Waals surface area (Å²) in [6.07, 6.45) is 2.05. The van der Waals surface area contributed by atoms with Crippen molar-refractivity contribution < 1.29 is 24.2 Å². The lowest BCUT2D eigenvalue weighted by Gasteiger charge is -2.37. The number of piperazine rings is 1. The quantitative estimate of drug-likeness (QED) is 0.0986. The minimum Gasteiger partial charge on any atom is -0.507 e. The van der Waals surface area contributed by atoms with Crippen molar-refractivity contribution >= 4 is 40.0 Å². The zero-order valence-corrected chi connectivity index (χ0v) is 32.6. The maximum Gasteiger partial charge on any atom is 0.329 e. The van der Waals surface area contributed by atoms with Crippen LogP contribution in [0, 0.1) is 0 Å². The summed E-state index contributed by atoms with van der Waals surface area (Å²) >= 11 is 0. The third-order valence-electron chi connectivity index (χ3n) is 10.9. The molecule has 1 unspecified atom stereocenters. The van der Waals surface area contributed by atoms with E-state index >= 15 is 0 Å². The predicted molar refractivity (Wildman–Crippen MR) is 219 cm³/mol. The van der Waals surface area contributed by atoms with Crippen molar-refractivity contribution in [3.05, 3.63) is 94.4 Å². The van der Waals surface area contributed by atoms with E-state index in [2.05, 4.69) is 49.6 Å². The molecule has 5 aromatic rings. The molecule has 15 heteroatoms. The minimum absolute atomic E-state index is 0.159. The molecule has 2 amide bonds. The van der Waals surface area contributed by atoms with E-state index in [4.69, 9.17) is 15.2 Å². The largest absolute Gasteiger partial charge is 0.507 e. The Kier molecular flexibility index (Phi) is 12.5. The number of hydrogen-bond donors (Lipinski definition) is 3. The molecular weight excluding hydrogens is 727 g/mol. The Balaban J connectivity index is 0.773. The number of phenols is 1. The number of anilines is 3. The molecule has 7 rings (SSSR count). The highest BCUT2D eigenvalue weighted by atomic mass is 16.5. The number of aromatic nitrogens is 4. The fourth-order valence-electron chi connectivity index (χ4n) is 7.72. The number of nitrogens with two attached hydrogens (primary N) is 1. The van der Waals surface area contributed by atoms with E-state index in [1.54, 1.807) is 28.3 Å². The van der Waals surface area contributed by atoms with Crippen LogP contribution in [0.1, 0.15) is 36.4 Å². The molecule has 3 aromatic carbocycles. The van der Waals surface area contributed by atoms with E-state index in [0.717, 1.165) is 73.8 Å². The number of ether oxygens (including phenoxy) is 2. The maximum absolute atomic E-state index is 13.3. The molecule has 2 aromatic heterocycles. The Bertz CT molecular complexity index is 2250. The molecule has 4 N–H and O–H groups in total. The van der Waals surface area contributed by atoms with E-state index in [1.807, 2.05) is 36.4 Å². The van der Waals surface area contributed by atoms with Gasteiger partial charge < -0.3 is 35.4 Å². The number of benzene rings is 3. The predicted octanol–water partition coefficient (Wildman–Crippen LogP) is 3.49. The topological polar surface area (TPSA) is 173 Å². The molecule has 2 saturated heterocycles. The Morgan fingerprint density at radius 2 is 1.60 bits per heavy atom. The molecule has 0 radical (unpaired) electrons. The average molecular weight is 778 g/mol. The molecule has 300 valence electrons. The monoisotopic (exact) mass is 777 g/mol. The number of carbonyl (C=O) groups is 2. The molecular formula is C42H51N9O6. The van der Waals surface area contributed by atoms with Crippen LogP contribution in [0.15, 0.2) is 77.6 Å². The van der Waals surface area contributed by atoms with Crippen molar-refractivity contribution in [2.45, 2.75) is 38.3 Å². The number of aromatic hydroxyl groups is 1. The van der Waals surface area contributed by atoms with Gasteiger partial charge in [-0.1, -0.05) is 36.4 Å². The van der Waals surface area contributed by atoms with Gasteiger partial charge in [-0.05, 0) is 66.8 Å². The number of rotatable bonds is 16. The zero-order chi connectivity index (χ0) is 39.9. The summed E-state index contributed by atoms with van der Waals surface area (Å²) in [6, 6.07) is 22.7. The number of amides is 2. The minimum atomic E-state index is -0.684. The molecule has 2 fully saturated rings. The van der Waals surface area contributed by atoms with E-state index in [0.29, 0.717) is 55.4 Å². The standard InChI is InChI=1S/C42H51N9O6/c1-47-38(53)17-16-35(41(47)54)51-34-10-5-7-30(39(34)48(2)42(51)55)8-6-23-56-25-26-57-24-18-44-28-29-12-14-31(15-13-29)49-19-21-50(22-20-49)36-27-33(45-46-40(36)43)32-9-3-4-11-37(32)52/h3-5,7,9-15,27,35,44,52H,6,8,16-26,28H2,1-2H3,(H2,43,46). The number of fused-ring (bicyclic) bond motifs is 1. The molecule has 0 spiro atoms. The number of imide groups is 1. The van der Waals surface area contributed by atoms with Crippen LogP contribution in [0.2, 0.25) is 0 Å². The van der Waals surface area contributed by atoms with Crippen LogP contribution in [0.5, 0.6) is 5.75 Å². The van der Waals surface area contributed by atoms with Crippen LogP contribution >= 0.6 is 0 Å². The number of likely N-dealkylation sites (tertiary alicyclic amines) is 1. The molecule has 2 aliphatic rings. The van der Waals surface area contributed by atoms with Gasteiger partial charge in [0.15, 0.2) is 5.82 Å². The summed E-state index contributed by atoms with van der Waals surface area (Å²) in [6.45, 7) is 6.87. The zero-order valence-electron chi connectivity index (χ0n) is 32.6. The first-order chi connectivity index (χ1) is 27.7. The summed E-state index contributed by atoms with van der Waals surface area (Å²) in [5.41, 5.74) is 12.9. The Morgan fingerprint density at radius 3 is 2.37 bits per heavy atom. The normalized spacial score (nSPS) is 16.2. The molecule has 57 heavy (non-hydrogen) atoms. The summed E-state index contributed by atoms with van der Waals surface area (Å²) < 4.78 is 14.7. The van der Waals surface area contributed by atoms with Crippen LogP contribution in [0.4, 0.5) is 17.2 Å². The molecule has 0 saturated carbocycles. The second kappa shape index (κ2) is 18.0. The number of aryl methyl sites for hydroxylation is 2. The number of imidazole rings is 1. The fraction of sp³-hybridized carbons (Fsp3) is 0.405. The van der Waals surface area contributed by atoms with E-state index < -0.39 is 6.04 Å². The van der Waals surface area contributed by atoms with Crippen LogP contribution in [0.25, 0.3) is 22.3 Å². The summed E-state index contributed by atoms with van der Waals surface area (Å²) in [5.74, 6) is -0.0255. The molecule has 0 aliphatic carbocycles. The smallest absolute Gasteiger partial charge is 0.329 e. The number of hydrogen-bond acceptors (Lipinski definition) is 12. The van der Waals surface area contributed by atoms with Gasteiger partial charge in [0, 0.05) is 77.6 Å². The summed E-state index contributed by atoms with van der Waals surface area (Å²) in [4.78, 5) is 43.9. The van der Waals surface area contributed by atoms with Crippen LogP contribution in [0.3, 0.4) is 0 Å². The van der Waals surface area contributed by atoms with Crippen molar-refractivity contribution in [1.29, 1.82) is 0 Å². The van der Waals surface area contributed by atoms with E-state index in [-0.39, 0.29) is 29.7 Å². The SMILES string of the molecule is CN1C(=O)CCC(n2c(=O)n(C)c3c(CCCOCCOCCNCc4ccc(N5CCN(c6cc(-c7ccccc7O)nnc6N)CC5)cc4)cccc32)C1=O. The Morgan fingerprint density at radius 1 is 0.860 bits per heavy atom. The number of nitrogens with one attached hydrogen (secondary N) is 1. The highest BCUT2D eigenvalue weighted by Gasteiger charge is 2.35. The van der Waals surface area contributed by atoms with Crippen molar-refractivity contribution in [1.82, 2.24) is 29.5 Å². The van der Waals surface area contributed by atoms with Gasteiger partial charge in [-0.3, -0.25) is 23.6 Å². The lowest BCUT2D eigenvalue weighted by Crippen LogP contribution is -2.46. The van der Waals surface area contributed by atoms with Crippen molar-refractivity contribution in [2.75, 3.05) is 81.7 Å². The van der Waals surface area contributed by atoms with Gasteiger partial charge in [-0.15, -0.1) is 10.2 Å².